The first kappa shape index (κ1) is 12.9. The number of hydrogen-bond acceptors (Lipinski definition) is 3. The zero-order valence-electron chi connectivity index (χ0n) is 11.2. The standard InChI is InChI=1S/C14H25NO2/c1-15(10-11-6-4-3-5-7-11)13(12-8-9-12)14(16)17-2/h11-13H,3-10H2,1-2H3. The van der Waals surface area contributed by atoms with Crippen LogP contribution in [0.5, 0.6) is 0 Å². The van der Waals surface area contributed by atoms with Gasteiger partial charge in [-0.25, -0.2) is 0 Å². The molecule has 17 heavy (non-hydrogen) atoms. The van der Waals surface area contributed by atoms with Crippen LogP contribution in [-0.4, -0.2) is 37.6 Å². The molecule has 0 bridgehead atoms. The molecule has 0 N–H and O–H groups in total. The van der Waals surface area contributed by atoms with Gasteiger partial charge in [-0.3, -0.25) is 9.69 Å². The Hall–Kier alpha value is -0.570. The second-order valence-electron chi connectivity index (χ2n) is 5.75. The summed E-state index contributed by atoms with van der Waals surface area (Å²) in [5.41, 5.74) is 0. The first-order chi connectivity index (χ1) is 8.22. The van der Waals surface area contributed by atoms with Gasteiger partial charge in [0, 0.05) is 6.54 Å². The minimum absolute atomic E-state index is 0.0157. The topological polar surface area (TPSA) is 29.5 Å². The van der Waals surface area contributed by atoms with E-state index in [0.29, 0.717) is 5.92 Å². The van der Waals surface area contributed by atoms with Crippen LogP contribution in [0, 0.1) is 11.8 Å². The molecule has 0 amide bonds. The van der Waals surface area contributed by atoms with Crippen LogP contribution in [0.25, 0.3) is 0 Å². The molecule has 2 saturated carbocycles. The summed E-state index contributed by atoms with van der Waals surface area (Å²) in [6, 6.07) is 0.0157. The van der Waals surface area contributed by atoms with E-state index >= 15 is 0 Å². The van der Waals surface area contributed by atoms with Crippen molar-refractivity contribution in [1.29, 1.82) is 0 Å². The predicted octanol–water partition coefficient (Wildman–Crippen LogP) is 2.45. The molecule has 0 radical (unpaired) electrons. The smallest absolute Gasteiger partial charge is 0.323 e. The van der Waals surface area contributed by atoms with E-state index < -0.39 is 0 Å². The molecule has 0 spiro atoms. The van der Waals surface area contributed by atoms with Crippen molar-refractivity contribution >= 4 is 5.97 Å². The van der Waals surface area contributed by atoms with Crippen molar-refractivity contribution in [1.82, 2.24) is 4.90 Å². The summed E-state index contributed by atoms with van der Waals surface area (Å²) in [6.07, 6.45) is 9.17. The lowest BCUT2D eigenvalue weighted by molar-refractivity contribution is -0.147. The number of carbonyl (C=O) groups is 1. The highest BCUT2D eigenvalue weighted by Gasteiger charge is 2.40. The van der Waals surface area contributed by atoms with Crippen LogP contribution < -0.4 is 0 Å². The van der Waals surface area contributed by atoms with Crippen LogP contribution in [0.1, 0.15) is 44.9 Å². The van der Waals surface area contributed by atoms with E-state index in [2.05, 4.69) is 11.9 Å². The van der Waals surface area contributed by atoms with E-state index in [-0.39, 0.29) is 12.0 Å². The summed E-state index contributed by atoms with van der Waals surface area (Å²) in [5, 5.41) is 0. The Balaban J connectivity index is 1.86. The summed E-state index contributed by atoms with van der Waals surface area (Å²) in [5.74, 6) is 1.31. The largest absolute Gasteiger partial charge is 0.468 e. The van der Waals surface area contributed by atoms with Crippen LogP contribution in [0.2, 0.25) is 0 Å². The van der Waals surface area contributed by atoms with Gasteiger partial charge in [-0.1, -0.05) is 19.3 Å². The third kappa shape index (κ3) is 3.44. The Morgan fingerprint density at radius 1 is 1.24 bits per heavy atom. The van der Waals surface area contributed by atoms with E-state index in [1.165, 1.54) is 52.1 Å². The fraction of sp³-hybridized carbons (Fsp3) is 0.929. The number of rotatable bonds is 5. The normalized spacial score (nSPS) is 23.7. The molecule has 98 valence electrons. The number of hydrogen-bond donors (Lipinski definition) is 0. The first-order valence-corrected chi connectivity index (χ1v) is 7.00. The van der Waals surface area contributed by atoms with Crippen molar-refractivity contribution < 1.29 is 9.53 Å². The van der Waals surface area contributed by atoms with Crippen LogP contribution in [0.15, 0.2) is 0 Å². The van der Waals surface area contributed by atoms with Crippen molar-refractivity contribution in [2.75, 3.05) is 20.7 Å². The average Bonchev–Trinajstić information content (AvgIpc) is 3.15. The molecule has 2 fully saturated rings. The fourth-order valence-corrected chi connectivity index (χ4v) is 3.16. The minimum Gasteiger partial charge on any atom is -0.468 e. The van der Waals surface area contributed by atoms with Gasteiger partial charge in [-0.05, 0) is 44.6 Å². The summed E-state index contributed by atoms with van der Waals surface area (Å²) < 4.78 is 4.94. The maximum absolute atomic E-state index is 11.8. The van der Waals surface area contributed by atoms with E-state index in [0.717, 1.165) is 12.5 Å². The van der Waals surface area contributed by atoms with Gasteiger partial charge in [0.05, 0.1) is 7.11 Å². The molecule has 0 aromatic carbocycles. The number of carbonyl (C=O) groups excluding carboxylic acids is 1. The van der Waals surface area contributed by atoms with E-state index in [1.807, 2.05) is 0 Å². The van der Waals surface area contributed by atoms with Gasteiger partial charge in [0.25, 0.3) is 0 Å². The summed E-state index contributed by atoms with van der Waals surface area (Å²) in [7, 11) is 3.60. The average molecular weight is 239 g/mol. The summed E-state index contributed by atoms with van der Waals surface area (Å²) >= 11 is 0. The van der Waals surface area contributed by atoms with Crippen molar-refractivity contribution in [2.24, 2.45) is 11.8 Å². The lowest BCUT2D eigenvalue weighted by atomic mass is 9.88. The molecule has 0 aromatic rings. The van der Waals surface area contributed by atoms with Gasteiger partial charge in [0.2, 0.25) is 0 Å². The van der Waals surface area contributed by atoms with Gasteiger partial charge in [0.1, 0.15) is 6.04 Å². The van der Waals surface area contributed by atoms with Gasteiger partial charge in [0.15, 0.2) is 0 Å². The molecule has 3 heteroatoms. The van der Waals surface area contributed by atoms with Crippen LogP contribution in [-0.2, 0) is 9.53 Å². The Kier molecular flexibility index (Phi) is 4.43. The Morgan fingerprint density at radius 2 is 1.88 bits per heavy atom. The van der Waals surface area contributed by atoms with Crippen LogP contribution in [0.4, 0.5) is 0 Å². The number of nitrogens with zero attached hydrogens (tertiary/aromatic N) is 1. The molecule has 0 heterocycles. The maximum atomic E-state index is 11.8. The fourth-order valence-electron chi connectivity index (χ4n) is 3.16. The Bertz CT molecular complexity index is 257. The monoisotopic (exact) mass is 239 g/mol. The van der Waals surface area contributed by atoms with Crippen molar-refractivity contribution in [3.63, 3.8) is 0 Å². The second kappa shape index (κ2) is 5.85. The highest BCUT2D eigenvalue weighted by Crippen LogP contribution is 2.36. The highest BCUT2D eigenvalue weighted by molar-refractivity contribution is 5.76. The number of esters is 1. The van der Waals surface area contributed by atoms with E-state index in [9.17, 15) is 4.79 Å². The quantitative estimate of drug-likeness (QED) is 0.690. The molecular weight excluding hydrogens is 214 g/mol. The molecule has 2 aliphatic carbocycles. The zero-order chi connectivity index (χ0) is 12.3. The molecule has 2 aliphatic rings. The number of ether oxygens (including phenoxy) is 1. The molecule has 2 rings (SSSR count). The van der Waals surface area contributed by atoms with Gasteiger partial charge >= 0.3 is 5.97 Å². The molecule has 1 atom stereocenters. The molecule has 0 saturated heterocycles. The predicted molar refractivity (Wildman–Crippen MR) is 67.7 cm³/mol. The molecule has 3 nitrogen and oxygen atoms in total. The minimum atomic E-state index is -0.0363. The van der Waals surface area contributed by atoms with E-state index in [4.69, 9.17) is 4.74 Å². The highest BCUT2D eigenvalue weighted by atomic mass is 16.5. The Morgan fingerprint density at radius 3 is 2.41 bits per heavy atom. The first-order valence-electron chi connectivity index (χ1n) is 7.00. The third-order valence-electron chi connectivity index (χ3n) is 4.26. The SMILES string of the molecule is COC(=O)C(C1CC1)N(C)CC1CCCCC1. The van der Waals surface area contributed by atoms with Crippen molar-refractivity contribution in [3.05, 3.63) is 0 Å². The summed E-state index contributed by atoms with van der Waals surface area (Å²) in [6.45, 7) is 1.07. The molecule has 1 unspecified atom stereocenters. The van der Waals surface area contributed by atoms with Crippen molar-refractivity contribution in [3.8, 4) is 0 Å². The van der Waals surface area contributed by atoms with E-state index in [1.54, 1.807) is 0 Å². The lowest BCUT2D eigenvalue weighted by Gasteiger charge is -2.31. The Labute approximate surface area is 105 Å². The summed E-state index contributed by atoms with van der Waals surface area (Å²) in [4.78, 5) is 14.1. The number of methoxy groups -OCH3 is 1. The van der Waals surface area contributed by atoms with Crippen molar-refractivity contribution in [2.45, 2.75) is 51.0 Å². The van der Waals surface area contributed by atoms with Crippen LogP contribution in [0.3, 0.4) is 0 Å². The number of likely N-dealkylation sites (N-methyl/N-ethyl adjacent to an activating group) is 1. The molecular formula is C14H25NO2. The van der Waals surface area contributed by atoms with Gasteiger partial charge < -0.3 is 4.74 Å². The van der Waals surface area contributed by atoms with Gasteiger partial charge in [-0.2, -0.15) is 0 Å². The van der Waals surface area contributed by atoms with Gasteiger partial charge in [-0.15, -0.1) is 0 Å². The molecule has 0 aliphatic heterocycles. The van der Waals surface area contributed by atoms with Crippen LogP contribution >= 0.6 is 0 Å². The zero-order valence-corrected chi connectivity index (χ0v) is 11.2. The lowest BCUT2D eigenvalue weighted by Crippen LogP contribution is -2.43. The maximum Gasteiger partial charge on any atom is 0.323 e. The molecule has 0 aromatic heterocycles. The third-order valence-corrected chi connectivity index (χ3v) is 4.26. The second-order valence-corrected chi connectivity index (χ2v) is 5.75.